The molecule has 0 amide bonds. The van der Waals surface area contributed by atoms with Crippen LogP contribution in [0, 0.1) is 32.4 Å². The van der Waals surface area contributed by atoms with Crippen molar-refractivity contribution < 1.29 is 8.78 Å². The third-order valence-electron chi connectivity index (χ3n) is 3.69. The van der Waals surface area contributed by atoms with E-state index in [0.717, 1.165) is 28.9 Å². The molecule has 7 heteroatoms. The summed E-state index contributed by atoms with van der Waals surface area (Å²) < 4.78 is 27.5. The van der Waals surface area contributed by atoms with Gasteiger partial charge in [-0.05, 0) is 44.0 Å². The molecule has 128 valence electrons. The normalized spacial score (nSPS) is 10.6. The van der Waals surface area contributed by atoms with Crippen LogP contribution in [0.1, 0.15) is 16.7 Å². The Balaban J connectivity index is 1.88. The van der Waals surface area contributed by atoms with E-state index < -0.39 is 11.6 Å². The van der Waals surface area contributed by atoms with E-state index in [0.29, 0.717) is 5.82 Å². The summed E-state index contributed by atoms with van der Waals surface area (Å²) >= 11 is 0. The van der Waals surface area contributed by atoms with Gasteiger partial charge in [0, 0.05) is 5.69 Å². The summed E-state index contributed by atoms with van der Waals surface area (Å²) in [4.78, 5) is 4.22. The van der Waals surface area contributed by atoms with Gasteiger partial charge < -0.3 is 10.6 Å². The molecule has 0 bridgehead atoms. The molecule has 25 heavy (non-hydrogen) atoms. The van der Waals surface area contributed by atoms with Crippen LogP contribution in [-0.4, -0.2) is 15.2 Å². The number of nitrogens with one attached hydrogen (secondary N) is 2. The average molecular weight is 341 g/mol. The minimum atomic E-state index is -0.729. The fourth-order valence-electron chi connectivity index (χ4n) is 2.65. The maximum atomic E-state index is 13.7. The van der Waals surface area contributed by atoms with Gasteiger partial charge >= 0.3 is 0 Å². The molecule has 0 atom stereocenters. The van der Waals surface area contributed by atoms with Crippen molar-refractivity contribution in [2.45, 2.75) is 20.8 Å². The van der Waals surface area contributed by atoms with Crippen LogP contribution < -0.4 is 10.6 Å². The van der Waals surface area contributed by atoms with Crippen LogP contribution >= 0.6 is 0 Å². The van der Waals surface area contributed by atoms with Gasteiger partial charge in [-0.1, -0.05) is 23.8 Å². The lowest BCUT2D eigenvalue weighted by Crippen LogP contribution is -2.06. The highest BCUT2D eigenvalue weighted by molar-refractivity contribution is 5.65. The quantitative estimate of drug-likeness (QED) is 0.728. The Morgan fingerprint density at radius 1 is 0.880 bits per heavy atom. The molecule has 0 saturated heterocycles. The van der Waals surface area contributed by atoms with Gasteiger partial charge in [-0.2, -0.15) is 10.1 Å². The van der Waals surface area contributed by atoms with Crippen molar-refractivity contribution in [3.63, 3.8) is 0 Å². The van der Waals surface area contributed by atoms with E-state index in [1.165, 1.54) is 17.8 Å². The van der Waals surface area contributed by atoms with Crippen LogP contribution in [-0.2, 0) is 0 Å². The molecule has 1 heterocycles. The smallest absolute Gasteiger partial charge is 0.249 e. The molecule has 2 aromatic carbocycles. The predicted molar refractivity (Wildman–Crippen MR) is 93.4 cm³/mol. The Kier molecular flexibility index (Phi) is 4.56. The maximum Gasteiger partial charge on any atom is 0.249 e. The fourth-order valence-corrected chi connectivity index (χ4v) is 2.65. The van der Waals surface area contributed by atoms with E-state index in [4.69, 9.17) is 0 Å². The molecule has 0 aliphatic carbocycles. The van der Waals surface area contributed by atoms with Gasteiger partial charge in [-0.25, -0.2) is 8.78 Å². The standard InChI is InChI=1S/C18H17F2N5/c1-10-7-11(2)16(12(3)8-10)22-15-9-21-25-18(23-15)24-17-13(19)5-4-6-14(17)20/h4-9H,1-3H3,(H2,22,23,24,25). The second kappa shape index (κ2) is 6.80. The number of aromatic nitrogens is 3. The second-order valence-electron chi connectivity index (χ2n) is 5.79. The van der Waals surface area contributed by atoms with Gasteiger partial charge in [0.1, 0.15) is 17.3 Å². The lowest BCUT2D eigenvalue weighted by atomic mass is 10.1. The average Bonchev–Trinajstić information content (AvgIpc) is 2.55. The highest BCUT2D eigenvalue weighted by Crippen LogP contribution is 2.26. The molecular formula is C18H17F2N5. The van der Waals surface area contributed by atoms with Crippen molar-refractivity contribution in [2.75, 3.05) is 10.6 Å². The first kappa shape index (κ1) is 16.8. The molecule has 1 aromatic heterocycles. The minimum Gasteiger partial charge on any atom is -0.338 e. The predicted octanol–water partition coefficient (Wildman–Crippen LogP) is 4.56. The van der Waals surface area contributed by atoms with Crippen LogP contribution in [0.3, 0.4) is 0 Å². The van der Waals surface area contributed by atoms with Gasteiger partial charge in [0.2, 0.25) is 5.95 Å². The van der Waals surface area contributed by atoms with Crippen LogP contribution in [0.25, 0.3) is 0 Å². The molecule has 0 radical (unpaired) electrons. The zero-order valence-corrected chi connectivity index (χ0v) is 14.1. The minimum absolute atomic E-state index is 0.00332. The molecule has 5 nitrogen and oxygen atoms in total. The van der Waals surface area contributed by atoms with Crippen LogP contribution in [0.15, 0.2) is 36.5 Å². The van der Waals surface area contributed by atoms with E-state index in [1.54, 1.807) is 0 Å². The van der Waals surface area contributed by atoms with Gasteiger partial charge in [0.25, 0.3) is 0 Å². The Bertz CT molecular complexity index is 884. The molecule has 0 fully saturated rings. The lowest BCUT2D eigenvalue weighted by molar-refractivity contribution is 0.590. The molecule has 0 saturated carbocycles. The third-order valence-corrected chi connectivity index (χ3v) is 3.69. The molecule has 0 aliphatic rings. The number of anilines is 4. The van der Waals surface area contributed by atoms with E-state index in [9.17, 15) is 8.78 Å². The van der Waals surface area contributed by atoms with Crippen molar-refractivity contribution in [2.24, 2.45) is 0 Å². The Morgan fingerprint density at radius 3 is 2.16 bits per heavy atom. The molecule has 3 rings (SSSR count). The van der Waals surface area contributed by atoms with Gasteiger partial charge in [-0.15, -0.1) is 5.10 Å². The van der Waals surface area contributed by atoms with Crippen LogP contribution in [0.2, 0.25) is 0 Å². The van der Waals surface area contributed by atoms with Gasteiger partial charge in [0.05, 0.1) is 6.20 Å². The molecule has 0 unspecified atom stereocenters. The Hall–Kier alpha value is -3.09. The van der Waals surface area contributed by atoms with E-state index >= 15 is 0 Å². The van der Waals surface area contributed by atoms with Crippen molar-refractivity contribution in [1.82, 2.24) is 15.2 Å². The SMILES string of the molecule is Cc1cc(C)c(Nc2cnnc(Nc3c(F)cccc3F)n2)c(C)c1. The third kappa shape index (κ3) is 3.71. The lowest BCUT2D eigenvalue weighted by Gasteiger charge is -2.13. The highest BCUT2D eigenvalue weighted by Gasteiger charge is 2.11. The van der Waals surface area contributed by atoms with Crippen molar-refractivity contribution in [1.29, 1.82) is 0 Å². The topological polar surface area (TPSA) is 62.7 Å². The first-order valence-electron chi connectivity index (χ1n) is 7.69. The summed E-state index contributed by atoms with van der Waals surface area (Å²) in [5.41, 5.74) is 3.88. The Labute approximate surface area is 144 Å². The number of aryl methyl sites for hydroxylation is 3. The summed E-state index contributed by atoms with van der Waals surface area (Å²) in [7, 11) is 0. The van der Waals surface area contributed by atoms with Gasteiger partial charge in [0.15, 0.2) is 5.82 Å². The fraction of sp³-hybridized carbons (Fsp3) is 0.167. The van der Waals surface area contributed by atoms with Crippen LogP contribution in [0.5, 0.6) is 0 Å². The maximum absolute atomic E-state index is 13.7. The molecule has 0 spiro atoms. The summed E-state index contributed by atoms with van der Waals surface area (Å²) in [5.74, 6) is -1.04. The Morgan fingerprint density at radius 2 is 1.52 bits per heavy atom. The number of para-hydroxylation sites is 1. The largest absolute Gasteiger partial charge is 0.338 e. The number of rotatable bonds is 4. The number of hydrogen-bond acceptors (Lipinski definition) is 5. The van der Waals surface area contributed by atoms with E-state index in [-0.39, 0.29) is 11.6 Å². The van der Waals surface area contributed by atoms with Crippen molar-refractivity contribution in [3.05, 3.63) is 64.9 Å². The zero-order chi connectivity index (χ0) is 18.0. The van der Waals surface area contributed by atoms with E-state index in [2.05, 4.69) is 37.9 Å². The number of halogens is 2. The second-order valence-corrected chi connectivity index (χ2v) is 5.79. The van der Waals surface area contributed by atoms with Crippen molar-refractivity contribution in [3.8, 4) is 0 Å². The number of benzene rings is 2. The molecule has 2 N–H and O–H groups in total. The molecular weight excluding hydrogens is 324 g/mol. The van der Waals surface area contributed by atoms with Gasteiger partial charge in [-0.3, -0.25) is 0 Å². The zero-order valence-electron chi connectivity index (χ0n) is 14.1. The first-order valence-corrected chi connectivity index (χ1v) is 7.69. The molecule has 3 aromatic rings. The number of hydrogen-bond donors (Lipinski definition) is 2. The first-order chi connectivity index (χ1) is 11.9. The summed E-state index contributed by atoms with van der Waals surface area (Å²) in [5, 5.41) is 13.3. The van der Waals surface area contributed by atoms with Crippen LogP contribution in [0.4, 0.5) is 31.9 Å². The summed E-state index contributed by atoms with van der Waals surface area (Å²) in [6, 6.07) is 7.70. The monoisotopic (exact) mass is 341 g/mol. The summed E-state index contributed by atoms with van der Waals surface area (Å²) in [6.45, 7) is 6.01. The summed E-state index contributed by atoms with van der Waals surface area (Å²) in [6.07, 6.45) is 1.45. The molecule has 0 aliphatic heterocycles. The highest BCUT2D eigenvalue weighted by atomic mass is 19.1. The van der Waals surface area contributed by atoms with Crippen molar-refractivity contribution >= 4 is 23.1 Å². The number of nitrogens with zero attached hydrogens (tertiary/aromatic N) is 3. The van der Waals surface area contributed by atoms with E-state index in [1.807, 2.05) is 20.8 Å².